The fourth-order valence-corrected chi connectivity index (χ4v) is 1.86. The lowest BCUT2D eigenvalue weighted by atomic mass is 10.2. The lowest BCUT2D eigenvalue weighted by molar-refractivity contribution is 0.0253. The molecule has 0 aliphatic carbocycles. The number of morpholine rings is 1. The molecule has 1 atom stereocenters. The number of aromatic nitrogens is 2. The van der Waals surface area contributed by atoms with E-state index in [1.807, 2.05) is 35.0 Å². The molecule has 2 aromatic heterocycles. The van der Waals surface area contributed by atoms with Gasteiger partial charge in [-0.05, 0) is 12.1 Å². The maximum atomic E-state index is 5.66. The van der Waals surface area contributed by atoms with Crippen molar-refractivity contribution in [3.8, 4) is 0 Å². The molecule has 15 heavy (non-hydrogen) atoms. The predicted molar refractivity (Wildman–Crippen MR) is 56.8 cm³/mol. The molecule has 0 radical (unpaired) electrons. The molecule has 78 valence electrons. The van der Waals surface area contributed by atoms with Crippen molar-refractivity contribution >= 4 is 5.65 Å². The van der Waals surface area contributed by atoms with E-state index in [1.165, 1.54) is 0 Å². The van der Waals surface area contributed by atoms with Gasteiger partial charge in [0.2, 0.25) is 0 Å². The van der Waals surface area contributed by atoms with E-state index in [0.29, 0.717) is 0 Å². The van der Waals surface area contributed by atoms with E-state index in [9.17, 15) is 0 Å². The van der Waals surface area contributed by atoms with E-state index in [1.54, 1.807) is 0 Å². The van der Waals surface area contributed by atoms with Gasteiger partial charge >= 0.3 is 0 Å². The van der Waals surface area contributed by atoms with E-state index in [0.717, 1.165) is 31.0 Å². The zero-order valence-electron chi connectivity index (χ0n) is 8.39. The van der Waals surface area contributed by atoms with Crippen LogP contribution >= 0.6 is 0 Å². The molecular weight excluding hydrogens is 190 g/mol. The highest BCUT2D eigenvalue weighted by molar-refractivity contribution is 5.39. The lowest BCUT2D eigenvalue weighted by Crippen LogP contribution is -2.33. The maximum absolute atomic E-state index is 5.66. The Kier molecular flexibility index (Phi) is 2.16. The Morgan fingerprint density at radius 3 is 3.27 bits per heavy atom. The number of hydrogen-bond donors (Lipinski definition) is 1. The molecule has 4 nitrogen and oxygen atoms in total. The second-order valence-corrected chi connectivity index (χ2v) is 3.70. The summed E-state index contributed by atoms with van der Waals surface area (Å²) in [6.45, 7) is 2.55. The van der Waals surface area contributed by atoms with Gasteiger partial charge in [0.05, 0.1) is 12.3 Å². The molecule has 1 aliphatic heterocycles. The monoisotopic (exact) mass is 203 g/mol. The summed E-state index contributed by atoms with van der Waals surface area (Å²) < 4.78 is 7.68. The average molecular weight is 203 g/mol. The Bertz CT molecular complexity index is 427. The Balaban J connectivity index is 1.96. The van der Waals surface area contributed by atoms with Crippen LogP contribution < -0.4 is 5.32 Å². The number of nitrogens with zero attached hydrogens (tertiary/aromatic N) is 2. The summed E-state index contributed by atoms with van der Waals surface area (Å²) in [5.41, 5.74) is 1.98. The summed E-state index contributed by atoms with van der Waals surface area (Å²) in [7, 11) is 0. The number of pyridine rings is 1. The van der Waals surface area contributed by atoms with Gasteiger partial charge < -0.3 is 14.5 Å². The smallest absolute Gasteiger partial charge is 0.137 e. The summed E-state index contributed by atoms with van der Waals surface area (Å²) in [6.07, 6.45) is 4.13. The van der Waals surface area contributed by atoms with Crippen molar-refractivity contribution in [3.63, 3.8) is 0 Å². The molecule has 4 heteroatoms. The van der Waals surface area contributed by atoms with Gasteiger partial charge in [-0.1, -0.05) is 6.07 Å². The van der Waals surface area contributed by atoms with Crippen LogP contribution in [0.15, 0.2) is 30.6 Å². The molecule has 0 aromatic carbocycles. The summed E-state index contributed by atoms with van der Waals surface area (Å²) in [6, 6.07) is 5.99. The molecule has 1 fully saturated rings. The molecule has 0 spiro atoms. The number of fused-ring (bicyclic) bond motifs is 1. The van der Waals surface area contributed by atoms with Gasteiger partial charge in [-0.2, -0.15) is 0 Å². The van der Waals surface area contributed by atoms with Gasteiger partial charge in [0.1, 0.15) is 11.8 Å². The third-order valence-electron chi connectivity index (χ3n) is 2.64. The van der Waals surface area contributed by atoms with E-state index in [2.05, 4.69) is 10.3 Å². The number of nitrogens with one attached hydrogen (secondary N) is 1. The minimum Gasteiger partial charge on any atom is -0.369 e. The highest BCUT2D eigenvalue weighted by atomic mass is 16.5. The van der Waals surface area contributed by atoms with Gasteiger partial charge in [-0.3, -0.25) is 0 Å². The first kappa shape index (κ1) is 8.88. The van der Waals surface area contributed by atoms with Crippen LogP contribution in [-0.2, 0) is 4.74 Å². The molecule has 1 N–H and O–H groups in total. The fraction of sp³-hybridized carbons (Fsp3) is 0.364. The van der Waals surface area contributed by atoms with Gasteiger partial charge in [0.25, 0.3) is 0 Å². The minimum atomic E-state index is 0.0960. The Hall–Kier alpha value is -1.39. The molecule has 0 unspecified atom stereocenters. The van der Waals surface area contributed by atoms with Crippen LogP contribution in [0.2, 0.25) is 0 Å². The lowest BCUT2D eigenvalue weighted by Gasteiger charge is -2.21. The summed E-state index contributed by atoms with van der Waals surface area (Å²) in [5.74, 6) is 0. The van der Waals surface area contributed by atoms with Crippen LogP contribution in [0.4, 0.5) is 0 Å². The normalized spacial score (nSPS) is 22.0. The summed E-state index contributed by atoms with van der Waals surface area (Å²) >= 11 is 0. The summed E-state index contributed by atoms with van der Waals surface area (Å²) in [4.78, 5) is 4.53. The number of ether oxygens (including phenoxy) is 1. The predicted octanol–water partition coefficient (Wildman–Crippen LogP) is 0.995. The van der Waals surface area contributed by atoms with Gasteiger partial charge in [0.15, 0.2) is 0 Å². The average Bonchev–Trinajstić information content (AvgIpc) is 2.74. The Morgan fingerprint density at radius 1 is 1.47 bits per heavy atom. The van der Waals surface area contributed by atoms with E-state index < -0.39 is 0 Å². The molecular formula is C11H13N3O. The topological polar surface area (TPSA) is 38.6 Å². The largest absolute Gasteiger partial charge is 0.369 e. The van der Waals surface area contributed by atoms with Crippen LogP contribution in [0.1, 0.15) is 11.8 Å². The first-order valence-electron chi connectivity index (χ1n) is 5.19. The van der Waals surface area contributed by atoms with Crippen molar-refractivity contribution in [3.05, 3.63) is 36.3 Å². The highest BCUT2D eigenvalue weighted by Gasteiger charge is 2.18. The third-order valence-corrected chi connectivity index (χ3v) is 2.64. The number of rotatable bonds is 1. The zero-order valence-corrected chi connectivity index (χ0v) is 8.39. The van der Waals surface area contributed by atoms with Crippen molar-refractivity contribution in [1.29, 1.82) is 0 Å². The molecule has 3 rings (SSSR count). The van der Waals surface area contributed by atoms with Crippen molar-refractivity contribution in [2.45, 2.75) is 6.10 Å². The molecule has 0 saturated carbocycles. The molecule has 2 aromatic rings. The first-order valence-corrected chi connectivity index (χ1v) is 5.19. The van der Waals surface area contributed by atoms with Crippen molar-refractivity contribution in [2.24, 2.45) is 0 Å². The quantitative estimate of drug-likeness (QED) is 0.751. The second-order valence-electron chi connectivity index (χ2n) is 3.70. The van der Waals surface area contributed by atoms with E-state index in [4.69, 9.17) is 4.74 Å². The van der Waals surface area contributed by atoms with Crippen LogP contribution in [0.25, 0.3) is 5.65 Å². The fourth-order valence-electron chi connectivity index (χ4n) is 1.86. The molecule has 1 aliphatic rings. The third kappa shape index (κ3) is 1.62. The molecule has 0 amide bonds. The molecule has 0 bridgehead atoms. The minimum absolute atomic E-state index is 0.0960. The maximum Gasteiger partial charge on any atom is 0.137 e. The van der Waals surface area contributed by atoms with Crippen molar-refractivity contribution in [1.82, 2.24) is 14.7 Å². The number of imidazole rings is 1. The zero-order chi connectivity index (χ0) is 10.1. The van der Waals surface area contributed by atoms with Crippen LogP contribution in [0.5, 0.6) is 0 Å². The Labute approximate surface area is 87.9 Å². The van der Waals surface area contributed by atoms with E-state index >= 15 is 0 Å². The highest BCUT2D eigenvalue weighted by Crippen LogP contribution is 2.18. The number of hydrogen-bond acceptors (Lipinski definition) is 3. The Morgan fingerprint density at radius 2 is 2.47 bits per heavy atom. The van der Waals surface area contributed by atoms with Crippen molar-refractivity contribution in [2.75, 3.05) is 19.7 Å². The van der Waals surface area contributed by atoms with Crippen LogP contribution in [0.3, 0.4) is 0 Å². The second kappa shape index (κ2) is 3.64. The SMILES string of the molecule is c1ccn2cc([C@H]3CNCCO3)nc2c1. The van der Waals surface area contributed by atoms with Gasteiger partial charge in [-0.25, -0.2) is 4.98 Å². The molecule has 3 heterocycles. The standard InChI is InChI=1S/C11H13N3O/c1-2-5-14-8-9(13-11(14)3-1)10-7-12-4-6-15-10/h1-3,5,8,10,12H,4,6-7H2/t10-/m1/s1. The van der Waals surface area contributed by atoms with Gasteiger partial charge in [0, 0.05) is 25.5 Å². The van der Waals surface area contributed by atoms with Crippen LogP contribution in [0, 0.1) is 0 Å². The van der Waals surface area contributed by atoms with Crippen molar-refractivity contribution < 1.29 is 4.74 Å². The van der Waals surface area contributed by atoms with Gasteiger partial charge in [-0.15, -0.1) is 0 Å². The first-order chi connectivity index (χ1) is 7.43. The van der Waals surface area contributed by atoms with E-state index in [-0.39, 0.29) is 6.10 Å². The van der Waals surface area contributed by atoms with Crippen LogP contribution in [-0.4, -0.2) is 29.1 Å². The molecule has 1 saturated heterocycles. The summed E-state index contributed by atoms with van der Waals surface area (Å²) in [5, 5.41) is 3.30.